The molecule has 1 N–H and O–H groups in total. The van der Waals surface area contributed by atoms with Gasteiger partial charge in [-0.1, -0.05) is 36.4 Å². The summed E-state index contributed by atoms with van der Waals surface area (Å²) in [6.07, 6.45) is 3.33. The smallest absolute Gasteiger partial charge is 0.410 e. The Hall–Kier alpha value is -2.40. The minimum atomic E-state index is -0.494. The van der Waals surface area contributed by atoms with Crippen molar-refractivity contribution in [2.45, 2.75) is 57.8 Å². The number of ether oxygens (including phenoxy) is 1. The van der Waals surface area contributed by atoms with Crippen molar-refractivity contribution in [3.63, 3.8) is 0 Å². The van der Waals surface area contributed by atoms with E-state index in [2.05, 4.69) is 22.4 Å². The second kappa shape index (κ2) is 8.53. The van der Waals surface area contributed by atoms with Crippen molar-refractivity contribution in [3.05, 3.63) is 66.0 Å². The maximum atomic E-state index is 12.8. The molecule has 3 rings (SSSR count). The van der Waals surface area contributed by atoms with E-state index >= 15 is 0 Å². The van der Waals surface area contributed by atoms with E-state index in [1.54, 1.807) is 0 Å². The van der Waals surface area contributed by atoms with Crippen LogP contribution >= 0.6 is 0 Å². The Kier molecular flexibility index (Phi) is 6.11. The van der Waals surface area contributed by atoms with Crippen LogP contribution in [0.5, 0.6) is 0 Å². The van der Waals surface area contributed by atoms with E-state index in [1.165, 1.54) is 0 Å². The van der Waals surface area contributed by atoms with Crippen molar-refractivity contribution in [3.8, 4) is 0 Å². The van der Waals surface area contributed by atoms with Crippen LogP contribution in [0.15, 0.2) is 54.7 Å². The Morgan fingerprint density at radius 3 is 2.59 bits per heavy atom. The van der Waals surface area contributed by atoms with E-state index in [0.29, 0.717) is 12.6 Å². The lowest BCUT2D eigenvalue weighted by Gasteiger charge is -2.40. The minimum absolute atomic E-state index is 0.0102. The zero-order valence-electron chi connectivity index (χ0n) is 16.4. The van der Waals surface area contributed by atoms with E-state index in [0.717, 1.165) is 30.6 Å². The Bertz CT molecular complexity index is 728. The van der Waals surface area contributed by atoms with E-state index < -0.39 is 5.60 Å². The molecule has 0 aliphatic carbocycles. The van der Waals surface area contributed by atoms with E-state index in [4.69, 9.17) is 4.74 Å². The van der Waals surface area contributed by atoms with Gasteiger partial charge in [-0.05, 0) is 51.3 Å². The fourth-order valence-corrected chi connectivity index (χ4v) is 3.43. The largest absolute Gasteiger partial charge is 0.444 e. The molecule has 2 aromatic rings. The van der Waals surface area contributed by atoms with Crippen LogP contribution in [-0.4, -0.2) is 34.2 Å². The minimum Gasteiger partial charge on any atom is -0.444 e. The maximum Gasteiger partial charge on any atom is 0.410 e. The van der Waals surface area contributed by atoms with Gasteiger partial charge in [0.25, 0.3) is 0 Å². The predicted octanol–water partition coefficient (Wildman–Crippen LogP) is 4.31. The molecule has 0 spiro atoms. The van der Waals surface area contributed by atoms with Crippen molar-refractivity contribution < 1.29 is 9.53 Å². The van der Waals surface area contributed by atoms with Crippen molar-refractivity contribution in [2.75, 3.05) is 6.54 Å². The molecule has 144 valence electrons. The van der Waals surface area contributed by atoms with Crippen LogP contribution < -0.4 is 5.32 Å². The molecule has 1 unspecified atom stereocenters. The number of rotatable bonds is 4. The van der Waals surface area contributed by atoms with Crippen LogP contribution in [0.4, 0.5) is 4.79 Å². The summed E-state index contributed by atoms with van der Waals surface area (Å²) in [4.78, 5) is 19.0. The number of amides is 1. The standard InChI is InChI=1S/C22H29N3O2/c1-22(2,3)27-21(26)25-14-12-18(24-16-19-11-7-8-13-23-19)15-20(25)17-9-5-4-6-10-17/h4-11,13,18,20,24H,12,14-16H2,1-3H3/t18?,20-/m0/s1. The predicted molar refractivity (Wildman–Crippen MR) is 106 cm³/mol. The molecular formula is C22H29N3O2. The number of carbonyl (C=O) groups is 1. The number of carbonyl (C=O) groups excluding carboxylic acids is 1. The van der Waals surface area contributed by atoms with Gasteiger partial charge in [0.2, 0.25) is 0 Å². The van der Waals surface area contributed by atoms with Gasteiger partial charge in [0.05, 0.1) is 11.7 Å². The summed E-state index contributed by atoms with van der Waals surface area (Å²) in [5, 5.41) is 3.60. The molecule has 0 radical (unpaired) electrons. The summed E-state index contributed by atoms with van der Waals surface area (Å²) in [6, 6.07) is 16.5. The molecule has 1 aliphatic rings. The molecule has 1 aliphatic heterocycles. The molecule has 5 heteroatoms. The first-order valence-corrected chi connectivity index (χ1v) is 9.60. The van der Waals surface area contributed by atoms with Gasteiger partial charge in [-0.15, -0.1) is 0 Å². The van der Waals surface area contributed by atoms with Crippen molar-refractivity contribution in [1.82, 2.24) is 15.2 Å². The van der Waals surface area contributed by atoms with E-state index in [9.17, 15) is 4.79 Å². The average Bonchev–Trinajstić information content (AvgIpc) is 2.66. The highest BCUT2D eigenvalue weighted by Gasteiger charge is 2.34. The first-order valence-electron chi connectivity index (χ1n) is 9.60. The lowest BCUT2D eigenvalue weighted by atomic mass is 9.92. The lowest BCUT2D eigenvalue weighted by Crippen LogP contribution is -2.48. The molecule has 5 nitrogen and oxygen atoms in total. The van der Waals surface area contributed by atoms with Crippen LogP contribution in [0.3, 0.4) is 0 Å². The zero-order chi connectivity index (χ0) is 19.3. The molecule has 27 heavy (non-hydrogen) atoms. The van der Waals surface area contributed by atoms with Crippen LogP contribution in [0, 0.1) is 0 Å². The molecule has 1 saturated heterocycles. The highest BCUT2D eigenvalue weighted by Crippen LogP contribution is 2.32. The number of hydrogen-bond donors (Lipinski definition) is 1. The Morgan fingerprint density at radius 2 is 1.93 bits per heavy atom. The highest BCUT2D eigenvalue weighted by molar-refractivity contribution is 5.69. The fourth-order valence-electron chi connectivity index (χ4n) is 3.43. The van der Waals surface area contributed by atoms with Crippen LogP contribution in [0.1, 0.15) is 50.9 Å². The topological polar surface area (TPSA) is 54.5 Å². The van der Waals surface area contributed by atoms with Crippen LogP contribution in [0.25, 0.3) is 0 Å². The molecule has 1 amide bonds. The maximum absolute atomic E-state index is 12.8. The number of nitrogens with zero attached hydrogens (tertiary/aromatic N) is 2. The fraction of sp³-hybridized carbons (Fsp3) is 0.455. The summed E-state index contributed by atoms with van der Waals surface area (Å²) >= 11 is 0. The first kappa shape index (κ1) is 19.4. The number of benzene rings is 1. The van der Waals surface area contributed by atoms with Crippen molar-refractivity contribution in [1.29, 1.82) is 0 Å². The monoisotopic (exact) mass is 367 g/mol. The number of aromatic nitrogens is 1. The average molecular weight is 367 g/mol. The van der Waals surface area contributed by atoms with Gasteiger partial charge in [-0.25, -0.2) is 4.79 Å². The van der Waals surface area contributed by atoms with Crippen molar-refractivity contribution in [2.24, 2.45) is 0 Å². The lowest BCUT2D eigenvalue weighted by molar-refractivity contribution is 0.00651. The van der Waals surface area contributed by atoms with Crippen LogP contribution in [0.2, 0.25) is 0 Å². The summed E-state index contributed by atoms with van der Waals surface area (Å²) in [6.45, 7) is 7.13. The normalized spacial score (nSPS) is 20.3. The van der Waals surface area contributed by atoms with Crippen molar-refractivity contribution >= 4 is 6.09 Å². The molecule has 0 bridgehead atoms. The first-order chi connectivity index (χ1) is 12.9. The summed E-state index contributed by atoms with van der Waals surface area (Å²) in [5.41, 5.74) is 1.68. The zero-order valence-corrected chi connectivity index (χ0v) is 16.4. The Labute approximate surface area is 161 Å². The molecule has 2 atom stereocenters. The summed E-state index contributed by atoms with van der Waals surface area (Å²) < 4.78 is 5.65. The third kappa shape index (κ3) is 5.54. The Balaban J connectivity index is 1.70. The second-order valence-electron chi connectivity index (χ2n) is 8.02. The molecule has 0 saturated carbocycles. The summed E-state index contributed by atoms with van der Waals surface area (Å²) in [7, 11) is 0. The number of nitrogens with one attached hydrogen (secondary N) is 1. The van der Waals surface area contributed by atoms with Gasteiger partial charge < -0.3 is 15.0 Å². The van der Waals surface area contributed by atoms with Gasteiger partial charge >= 0.3 is 6.09 Å². The van der Waals surface area contributed by atoms with Gasteiger partial charge in [0.15, 0.2) is 0 Å². The van der Waals surface area contributed by atoms with E-state index in [-0.39, 0.29) is 12.1 Å². The molecule has 2 heterocycles. The third-order valence-corrected chi connectivity index (χ3v) is 4.71. The molecule has 1 aromatic heterocycles. The number of pyridine rings is 1. The SMILES string of the molecule is CC(C)(C)OC(=O)N1CCC(NCc2ccccn2)C[C@H]1c1ccccc1. The van der Waals surface area contributed by atoms with Crippen LogP contribution in [-0.2, 0) is 11.3 Å². The van der Waals surface area contributed by atoms with Gasteiger partial charge in [0, 0.05) is 25.3 Å². The number of hydrogen-bond acceptors (Lipinski definition) is 4. The third-order valence-electron chi connectivity index (χ3n) is 4.71. The van der Waals surface area contributed by atoms with Gasteiger partial charge in [-0.2, -0.15) is 0 Å². The molecule has 1 aromatic carbocycles. The van der Waals surface area contributed by atoms with Gasteiger partial charge in [0.1, 0.15) is 5.60 Å². The highest BCUT2D eigenvalue weighted by atomic mass is 16.6. The molecule has 1 fully saturated rings. The van der Waals surface area contributed by atoms with E-state index in [1.807, 2.05) is 68.3 Å². The van der Waals surface area contributed by atoms with Gasteiger partial charge in [-0.3, -0.25) is 4.98 Å². The molecular weight excluding hydrogens is 338 g/mol. The quantitative estimate of drug-likeness (QED) is 0.875. The number of piperidine rings is 1. The number of likely N-dealkylation sites (tertiary alicyclic amines) is 1. The Morgan fingerprint density at radius 1 is 1.19 bits per heavy atom. The summed E-state index contributed by atoms with van der Waals surface area (Å²) in [5.74, 6) is 0. The second-order valence-corrected chi connectivity index (χ2v) is 8.02.